The number of hydrogen-bond acceptors (Lipinski definition) is 2. The maximum atomic E-state index is 13.7. The van der Waals surface area contributed by atoms with Gasteiger partial charge in [-0.15, -0.1) is 0 Å². The first-order chi connectivity index (χ1) is 9.56. The van der Waals surface area contributed by atoms with E-state index in [1.165, 1.54) is 23.1 Å². The standard InChI is InChI=1S/C15H12F2N2O/c16-12-2-1-3-13(17)11(12)8-19-14-5-4-10(18)6-9(14)7-15(19)20/h1-6H,7-8,18H2. The van der Waals surface area contributed by atoms with E-state index in [-0.39, 0.29) is 24.4 Å². The first-order valence-corrected chi connectivity index (χ1v) is 6.18. The largest absolute Gasteiger partial charge is 0.399 e. The summed E-state index contributed by atoms with van der Waals surface area (Å²) in [4.78, 5) is 13.4. The molecule has 0 saturated carbocycles. The summed E-state index contributed by atoms with van der Waals surface area (Å²) in [6.45, 7) is -0.117. The molecule has 0 saturated heterocycles. The van der Waals surface area contributed by atoms with Gasteiger partial charge in [0.2, 0.25) is 5.91 Å². The Hall–Kier alpha value is -2.43. The minimum Gasteiger partial charge on any atom is -0.399 e. The summed E-state index contributed by atoms with van der Waals surface area (Å²) in [6.07, 6.45) is 0.205. The van der Waals surface area contributed by atoms with E-state index in [4.69, 9.17) is 5.73 Å². The maximum Gasteiger partial charge on any atom is 0.231 e. The lowest BCUT2D eigenvalue weighted by molar-refractivity contribution is -0.117. The molecular weight excluding hydrogens is 262 g/mol. The summed E-state index contributed by atoms with van der Waals surface area (Å²) >= 11 is 0. The maximum absolute atomic E-state index is 13.7. The number of benzene rings is 2. The fourth-order valence-electron chi connectivity index (χ4n) is 2.42. The summed E-state index contributed by atoms with van der Waals surface area (Å²) in [5, 5.41) is 0. The zero-order chi connectivity index (χ0) is 14.3. The van der Waals surface area contributed by atoms with Crippen LogP contribution in [0.25, 0.3) is 0 Å². The molecule has 0 fully saturated rings. The van der Waals surface area contributed by atoms with Crippen LogP contribution in [0.15, 0.2) is 36.4 Å². The second-order valence-corrected chi connectivity index (χ2v) is 4.75. The van der Waals surface area contributed by atoms with Crippen LogP contribution in [-0.2, 0) is 17.8 Å². The van der Waals surface area contributed by atoms with Gasteiger partial charge in [-0.25, -0.2) is 8.78 Å². The van der Waals surface area contributed by atoms with Gasteiger partial charge in [-0.05, 0) is 35.9 Å². The van der Waals surface area contributed by atoms with E-state index in [0.29, 0.717) is 11.4 Å². The number of anilines is 2. The van der Waals surface area contributed by atoms with Gasteiger partial charge in [0.15, 0.2) is 0 Å². The van der Waals surface area contributed by atoms with Gasteiger partial charge in [0.25, 0.3) is 0 Å². The van der Waals surface area contributed by atoms with Gasteiger partial charge in [0, 0.05) is 16.9 Å². The zero-order valence-corrected chi connectivity index (χ0v) is 10.6. The quantitative estimate of drug-likeness (QED) is 0.856. The molecule has 0 atom stereocenters. The molecule has 0 aliphatic carbocycles. The van der Waals surface area contributed by atoms with E-state index >= 15 is 0 Å². The third-order valence-electron chi connectivity index (χ3n) is 3.41. The number of nitrogen functional groups attached to an aromatic ring is 1. The van der Waals surface area contributed by atoms with Crippen LogP contribution in [0.4, 0.5) is 20.2 Å². The predicted octanol–water partition coefficient (Wildman–Crippen LogP) is 2.64. The van der Waals surface area contributed by atoms with Crippen LogP contribution >= 0.6 is 0 Å². The highest BCUT2D eigenvalue weighted by Crippen LogP contribution is 2.32. The van der Waals surface area contributed by atoms with E-state index < -0.39 is 11.6 Å². The second-order valence-electron chi connectivity index (χ2n) is 4.75. The summed E-state index contributed by atoms with van der Waals surface area (Å²) < 4.78 is 27.3. The second kappa shape index (κ2) is 4.59. The summed E-state index contributed by atoms with van der Waals surface area (Å²) in [5.41, 5.74) is 7.58. The van der Waals surface area contributed by atoms with E-state index in [9.17, 15) is 13.6 Å². The lowest BCUT2D eigenvalue weighted by atomic mass is 10.1. The summed E-state index contributed by atoms with van der Waals surface area (Å²) in [6, 6.07) is 8.75. The molecule has 102 valence electrons. The summed E-state index contributed by atoms with van der Waals surface area (Å²) in [5.74, 6) is -1.49. The smallest absolute Gasteiger partial charge is 0.231 e. The SMILES string of the molecule is Nc1ccc2c(c1)CC(=O)N2Cc1c(F)cccc1F. The molecule has 0 unspecified atom stereocenters. The van der Waals surface area contributed by atoms with Crippen molar-refractivity contribution < 1.29 is 13.6 Å². The van der Waals surface area contributed by atoms with Crippen LogP contribution in [0.2, 0.25) is 0 Å². The van der Waals surface area contributed by atoms with Gasteiger partial charge < -0.3 is 10.6 Å². The molecule has 2 N–H and O–H groups in total. The first kappa shape index (κ1) is 12.6. The molecule has 3 rings (SSSR count). The van der Waals surface area contributed by atoms with Crippen molar-refractivity contribution in [3.8, 4) is 0 Å². The average molecular weight is 274 g/mol. The summed E-state index contributed by atoms with van der Waals surface area (Å²) in [7, 11) is 0. The third-order valence-corrected chi connectivity index (χ3v) is 3.41. The van der Waals surface area contributed by atoms with Crippen LogP contribution in [0.5, 0.6) is 0 Å². The Balaban J connectivity index is 1.98. The highest BCUT2D eigenvalue weighted by molar-refractivity contribution is 6.01. The van der Waals surface area contributed by atoms with Crippen molar-refractivity contribution in [1.29, 1.82) is 0 Å². The number of nitrogens with two attached hydrogens (primary N) is 1. The van der Waals surface area contributed by atoms with E-state index in [1.54, 1.807) is 18.2 Å². The van der Waals surface area contributed by atoms with Gasteiger partial charge in [0.1, 0.15) is 11.6 Å². The van der Waals surface area contributed by atoms with E-state index in [2.05, 4.69) is 0 Å². The molecule has 0 bridgehead atoms. The van der Waals surface area contributed by atoms with Crippen molar-refractivity contribution >= 4 is 17.3 Å². The Morgan fingerprint density at radius 2 is 1.85 bits per heavy atom. The Labute approximate surface area is 114 Å². The molecule has 1 heterocycles. The van der Waals surface area contributed by atoms with Gasteiger partial charge >= 0.3 is 0 Å². The molecule has 5 heteroatoms. The van der Waals surface area contributed by atoms with Crippen molar-refractivity contribution in [2.75, 3.05) is 10.6 Å². The van der Waals surface area contributed by atoms with Crippen molar-refractivity contribution in [3.63, 3.8) is 0 Å². The molecule has 1 aliphatic heterocycles. The van der Waals surface area contributed by atoms with Gasteiger partial charge in [-0.1, -0.05) is 6.07 Å². The van der Waals surface area contributed by atoms with Gasteiger partial charge in [-0.3, -0.25) is 4.79 Å². The average Bonchev–Trinajstić information content (AvgIpc) is 2.69. The topological polar surface area (TPSA) is 46.3 Å². The highest BCUT2D eigenvalue weighted by atomic mass is 19.1. The first-order valence-electron chi connectivity index (χ1n) is 6.18. The normalized spacial score (nSPS) is 13.7. The van der Waals surface area contributed by atoms with Crippen LogP contribution in [0, 0.1) is 11.6 Å². The predicted molar refractivity (Wildman–Crippen MR) is 72.1 cm³/mol. The Morgan fingerprint density at radius 1 is 1.15 bits per heavy atom. The number of fused-ring (bicyclic) bond motifs is 1. The van der Waals surface area contributed by atoms with Crippen LogP contribution in [0.1, 0.15) is 11.1 Å². The Morgan fingerprint density at radius 3 is 2.55 bits per heavy atom. The van der Waals surface area contributed by atoms with Crippen molar-refractivity contribution in [3.05, 3.63) is 59.2 Å². The molecular formula is C15H12F2N2O. The van der Waals surface area contributed by atoms with E-state index in [1.807, 2.05) is 0 Å². The number of halogens is 2. The minimum absolute atomic E-state index is 0.106. The number of amides is 1. The molecule has 1 aliphatic rings. The van der Waals surface area contributed by atoms with Crippen LogP contribution < -0.4 is 10.6 Å². The minimum atomic E-state index is -0.651. The highest BCUT2D eigenvalue weighted by Gasteiger charge is 2.28. The molecule has 0 spiro atoms. The Kier molecular flexibility index (Phi) is 2.89. The fourth-order valence-corrected chi connectivity index (χ4v) is 2.42. The monoisotopic (exact) mass is 274 g/mol. The van der Waals surface area contributed by atoms with Gasteiger partial charge in [0.05, 0.1) is 13.0 Å². The number of hydrogen-bond donors (Lipinski definition) is 1. The van der Waals surface area contributed by atoms with Gasteiger partial charge in [-0.2, -0.15) is 0 Å². The fraction of sp³-hybridized carbons (Fsp3) is 0.133. The molecule has 20 heavy (non-hydrogen) atoms. The lowest BCUT2D eigenvalue weighted by Crippen LogP contribution is -2.27. The zero-order valence-electron chi connectivity index (χ0n) is 10.6. The molecule has 3 nitrogen and oxygen atoms in total. The van der Waals surface area contributed by atoms with Crippen LogP contribution in [-0.4, -0.2) is 5.91 Å². The lowest BCUT2D eigenvalue weighted by Gasteiger charge is -2.18. The van der Waals surface area contributed by atoms with E-state index in [0.717, 1.165) is 5.56 Å². The third kappa shape index (κ3) is 2.01. The molecule has 0 radical (unpaired) electrons. The number of carbonyl (C=O) groups excluding carboxylic acids is 1. The molecule has 2 aromatic carbocycles. The van der Waals surface area contributed by atoms with Crippen molar-refractivity contribution in [2.24, 2.45) is 0 Å². The molecule has 0 aromatic heterocycles. The Bertz CT molecular complexity index is 680. The molecule has 2 aromatic rings. The number of rotatable bonds is 2. The number of nitrogens with zero attached hydrogens (tertiary/aromatic N) is 1. The van der Waals surface area contributed by atoms with Crippen molar-refractivity contribution in [2.45, 2.75) is 13.0 Å². The number of carbonyl (C=O) groups is 1. The molecule has 1 amide bonds. The van der Waals surface area contributed by atoms with Crippen LogP contribution in [0.3, 0.4) is 0 Å². The van der Waals surface area contributed by atoms with Crippen molar-refractivity contribution in [1.82, 2.24) is 0 Å².